The zero-order valence-electron chi connectivity index (χ0n) is 58.3. The van der Waals surface area contributed by atoms with E-state index in [1.54, 1.807) is 6.08 Å². The first-order valence-electron chi connectivity index (χ1n) is 39.3. The lowest BCUT2D eigenvalue weighted by Crippen LogP contribution is -2.45. The molecule has 0 heterocycles. The van der Waals surface area contributed by atoms with Crippen molar-refractivity contribution in [3.8, 4) is 0 Å². The van der Waals surface area contributed by atoms with Crippen molar-refractivity contribution in [1.82, 2.24) is 5.32 Å². The van der Waals surface area contributed by atoms with E-state index in [0.29, 0.717) is 19.4 Å². The highest BCUT2D eigenvalue weighted by Gasteiger charge is 2.18. The van der Waals surface area contributed by atoms with E-state index in [-0.39, 0.29) is 18.5 Å². The Bertz CT molecular complexity index is 1390. The van der Waals surface area contributed by atoms with Gasteiger partial charge in [-0.25, -0.2) is 0 Å². The molecule has 0 aromatic heterocycles. The molecule has 0 bridgehead atoms. The van der Waals surface area contributed by atoms with E-state index in [9.17, 15) is 19.8 Å². The summed E-state index contributed by atoms with van der Waals surface area (Å²) in [7, 11) is 0. The molecule has 6 nitrogen and oxygen atoms in total. The SMILES string of the molecule is CCCCC/C=C\C/C=C\CCCCCCCCCCCC(=O)OCCCCCCCCCCCCCCCCCCCCCCCCCCCC(=O)NC(CO)C(O)/C=C/CCCCCCCCCCCCCCCCCCCCCCCCC. The molecule has 6 heteroatoms. The summed E-state index contributed by atoms with van der Waals surface area (Å²) < 4.78 is 5.51. The maximum absolute atomic E-state index is 12.6. The average Bonchev–Trinajstić information content (AvgIpc) is 3.53. The topological polar surface area (TPSA) is 95.9 Å². The van der Waals surface area contributed by atoms with E-state index < -0.39 is 12.1 Å². The van der Waals surface area contributed by atoms with E-state index in [0.717, 1.165) is 51.4 Å². The van der Waals surface area contributed by atoms with Crippen LogP contribution in [0.2, 0.25) is 0 Å². The standard InChI is InChI=1S/C80H153NO5/c1-3-5-7-9-11-13-15-17-19-21-23-24-25-27-30-33-37-40-44-48-52-56-60-64-68-72-78(83)77(76-82)81-79(84)73-69-65-61-57-53-49-45-41-38-34-31-28-26-29-32-35-39-43-47-51-55-59-63-67-71-75-86-80(85)74-70-66-62-58-54-50-46-42-36-22-20-18-16-14-12-10-8-6-4-2/h12,14,18,20,68,72,77-78,82-83H,3-11,13,15-17,19,21-67,69-71,73-76H2,1-2H3,(H,81,84)/b14-12-,20-18-,72-68+. The number of carbonyl (C=O) groups excluding carboxylic acids is 2. The van der Waals surface area contributed by atoms with Gasteiger partial charge < -0.3 is 20.3 Å². The largest absolute Gasteiger partial charge is 0.466 e. The van der Waals surface area contributed by atoms with Gasteiger partial charge in [0.2, 0.25) is 5.91 Å². The summed E-state index contributed by atoms with van der Waals surface area (Å²) in [6.07, 6.45) is 98.2. The van der Waals surface area contributed by atoms with Crippen LogP contribution in [0.3, 0.4) is 0 Å². The third-order valence-corrected chi connectivity index (χ3v) is 18.4. The zero-order chi connectivity index (χ0) is 62.0. The van der Waals surface area contributed by atoms with Crippen LogP contribution >= 0.6 is 0 Å². The summed E-state index contributed by atoms with van der Waals surface area (Å²) in [6, 6.07) is -0.629. The van der Waals surface area contributed by atoms with Gasteiger partial charge in [-0.3, -0.25) is 9.59 Å². The van der Waals surface area contributed by atoms with Crippen LogP contribution in [0.15, 0.2) is 36.5 Å². The van der Waals surface area contributed by atoms with Crippen molar-refractivity contribution in [3.05, 3.63) is 36.5 Å². The summed E-state index contributed by atoms with van der Waals surface area (Å²) in [6.45, 7) is 4.93. The second-order valence-electron chi connectivity index (χ2n) is 27.0. The molecular formula is C80H153NO5. The van der Waals surface area contributed by atoms with Gasteiger partial charge in [-0.1, -0.05) is 397 Å². The summed E-state index contributed by atoms with van der Waals surface area (Å²) in [5.41, 5.74) is 0. The Morgan fingerprint density at radius 2 is 0.581 bits per heavy atom. The van der Waals surface area contributed by atoms with Crippen LogP contribution in [0.4, 0.5) is 0 Å². The lowest BCUT2D eigenvalue weighted by molar-refractivity contribution is -0.143. The van der Waals surface area contributed by atoms with E-state index in [4.69, 9.17) is 4.74 Å². The van der Waals surface area contributed by atoms with Gasteiger partial charge in [0.1, 0.15) is 0 Å². The maximum Gasteiger partial charge on any atom is 0.305 e. The number of nitrogens with one attached hydrogen (secondary N) is 1. The number of amides is 1. The molecule has 3 N–H and O–H groups in total. The molecule has 0 aliphatic carbocycles. The number of ether oxygens (including phenoxy) is 1. The maximum atomic E-state index is 12.6. The minimum Gasteiger partial charge on any atom is -0.466 e. The third-order valence-electron chi connectivity index (χ3n) is 18.4. The van der Waals surface area contributed by atoms with Crippen LogP contribution in [-0.2, 0) is 14.3 Å². The smallest absolute Gasteiger partial charge is 0.305 e. The molecule has 0 fully saturated rings. The zero-order valence-corrected chi connectivity index (χ0v) is 58.3. The molecule has 0 rings (SSSR count). The van der Waals surface area contributed by atoms with Crippen molar-refractivity contribution in [2.75, 3.05) is 13.2 Å². The van der Waals surface area contributed by atoms with Crippen molar-refractivity contribution < 1.29 is 24.5 Å². The number of aliphatic hydroxyl groups excluding tert-OH is 2. The molecule has 0 radical (unpaired) electrons. The lowest BCUT2D eigenvalue weighted by atomic mass is 10.0. The molecule has 1 amide bonds. The molecule has 86 heavy (non-hydrogen) atoms. The number of carbonyl (C=O) groups is 2. The second kappa shape index (κ2) is 75.5. The fraction of sp³-hybridized carbons (Fsp3) is 0.900. The Hall–Kier alpha value is -1.92. The predicted octanol–water partition coefficient (Wildman–Crippen LogP) is 25.8. The summed E-state index contributed by atoms with van der Waals surface area (Å²) >= 11 is 0. The Labute approximate surface area is 538 Å². The number of unbranched alkanes of at least 4 members (excludes halogenated alkanes) is 59. The van der Waals surface area contributed by atoms with Crippen LogP contribution < -0.4 is 5.32 Å². The molecule has 0 saturated heterocycles. The quantitative estimate of drug-likeness (QED) is 0.0320. The number of aliphatic hydroxyl groups is 2. The Morgan fingerprint density at radius 3 is 0.907 bits per heavy atom. The van der Waals surface area contributed by atoms with Crippen molar-refractivity contribution in [1.29, 1.82) is 0 Å². The average molecular weight is 1210 g/mol. The highest BCUT2D eigenvalue weighted by molar-refractivity contribution is 5.76. The number of allylic oxidation sites excluding steroid dienone is 5. The van der Waals surface area contributed by atoms with Crippen LogP contribution in [0.1, 0.15) is 438 Å². The molecule has 2 unspecified atom stereocenters. The number of hydrogen-bond acceptors (Lipinski definition) is 5. The summed E-state index contributed by atoms with van der Waals surface area (Å²) in [5, 5.41) is 23.3. The van der Waals surface area contributed by atoms with Crippen LogP contribution in [-0.4, -0.2) is 47.4 Å². The lowest BCUT2D eigenvalue weighted by Gasteiger charge is -2.20. The summed E-state index contributed by atoms with van der Waals surface area (Å²) in [4.78, 5) is 24.7. The van der Waals surface area contributed by atoms with Crippen molar-refractivity contribution in [2.45, 2.75) is 450 Å². The van der Waals surface area contributed by atoms with Gasteiger partial charge in [-0.2, -0.15) is 0 Å². The molecule has 0 aromatic rings. The first kappa shape index (κ1) is 84.1. The highest BCUT2D eigenvalue weighted by Crippen LogP contribution is 2.20. The minimum absolute atomic E-state index is 0.0131. The van der Waals surface area contributed by atoms with Crippen molar-refractivity contribution in [2.24, 2.45) is 0 Å². The molecule has 0 saturated carbocycles. The minimum atomic E-state index is -0.845. The van der Waals surface area contributed by atoms with E-state index >= 15 is 0 Å². The predicted molar refractivity (Wildman–Crippen MR) is 379 cm³/mol. The highest BCUT2D eigenvalue weighted by atomic mass is 16.5. The molecule has 508 valence electrons. The molecule has 0 aliphatic heterocycles. The van der Waals surface area contributed by atoms with Crippen molar-refractivity contribution >= 4 is 11.9 Å². The van der Waals surface area contributed by atoms with Crippen molar-refractivity contribution in [3.63, 3.8) is 0 Å². The third kappa shape index (κ3) is 71.2. The van der Waals surface area contributed by atoms with Crippen LogP contribution in [0.5, 0.6) is 0 Å². The van der Waals surface area contributed by atoms with Gasteiger partial charge in [0.15, 0.2) is 0 Å². The molecule has 0 spiro atoms. The molecule has 0 aromatic carbocycles. The fourth-order valence-electron chi connectivity index (χ4n) is 12.4. The van der Waals surface area contributed by atoms with Gasteiger partial charge in [-0.15, -0.1) is 0 Å². The summed E-state index contributed by atoms with van der Waals surface area (Å²) in [5.74, 6) is -0.0481. The van der Waals surface area contributed by atoms with Gasteiger partial charge in [-0.05, 0) is 64.2 Å². The normalized spacial score (nSPS) is 12.7. The molecule has 2 atom stereocenters. The second-order valence-corrected chi connectivity index (χ2v) is 27.0. The first-order valence-corrected chi connectivity index (χ1v) is 39.3. The number of hydrogen-bond donors (Lipinski definition) is 3. The van der Waals surface area contributed by atoms with Gasteiger partial charge in [0.05, 0.1) is 25.4 Å². The Kier molecular flexibility index (Phi) is 73.9. The number of rotatable bonds is 74. The monoisotopic (exact) mass is 1210 g/mol. The van der Waals surface area contributed by atoms with Gasteiger partial charge >= 0.3 is 5.97 Å². The first-order chi connectivity index (χ1) is 42.5. The van der Waals surface area contributed by atoms with Gasteiger partial charge in [0, 0.05) is 12.8 Å². The van der Waals surface area contributed by atoms with E-state index in [2.05, 4.69) is 43.5 Å². The van der Waals surface area contributed by atoms with Crippen LogP contribution in [0, 0.1) is 0 Å². The molecular weight excluding hydrogens is 1050 g/mol. The molecule has 0 aliphatic rings. The Balaban J connectivity index is 3.38. The van der Waals surface area contributed by atoms with Crippen LogP contribution in [0.25, 0.3) is 0 Å². The Morgan fingerprint density at radius 1 is 0.326 bits per heavy atom. The number of esters is 1. The van der Waals surface area contributed by atoms with Gasteiger partial charge in [0.25, 0.3) is 0 Å². The fourth-order valence-corrected chi connectivity index (χ4v) is 12.4. The van der Waals surface area contributed by atoms with E-state index in [1.165, 1.54) is 360 Å². The van der Waals surface area contributed by atoms with E-state index in [1.807, 2.05) is 6.08 Å².